The van der Waals surface area contributed by atoms with E-state index in [4.69, 9.17) is 5.14 Å². The lowest BCUT2D eigenvalue weighted by atomic mass is 10.0. The maximum Gasteiger partial charge on any atom is 0.0255 e. The minimum atomic E-state index is 1.13. The summed E-state index contributed by atoms with van der Waals surface area (Å²) < 4.78 is 0. The number of benzene rings is 2. The van der Waals surface area contributed by atoms with Gasteiger partial charge in [-0.05, 0) is 41.6 Å². The summed E-state index contributed by atoms with van der Waals surface area (Å²) in [5.41, 5.74) is 3.71. The molecule has 0 atom stereocenters. The van der Waals surface area contributed by atoms with Crippen molar-refractivity contribution in [1.82, 2.24) is 0 Å². The quantitative estimate of drug-likeness (QED) is 0.774. The zero-order valence-corrected chi connectivity index (χ0v) is 9.42. The summed E-state index contributed by atoms with van der Waals surface area (Å²) in [7, 11) is 0. The van der Waals surface area contributed by atoms with Crippen molar-refractivity contribution in [3.8, 4) is 11.1 Å². The van der Waals surface area contributed by atoms with E-state index in [1.54, 1.807) is 0 Å². The Labute approximate surface area is 94.5 Å². The summed E-state index contributed by atoms with van der Waals surface area (Å²) in [6.45, 7) is 2.08. The fourth-order valence-electron chi connectivity index (χ4n) is 1.59. The normalized spacial score (nSPS) is 10.3. The van der Waals surface area contributed by atoms with Gasteiger partial charge in [0, 0.05) is 4.90 Å². The molecule has 0 saturated carbocycles. The molecule has 0 aliphatic carbocycles. The van der Waals surface area contributed by atoms with Crippen molar-refractivity contribution in [2.24, 2.45) is 5.14 Å². The van der Waals surface area contributed by atoms with Crippen molar-refractivity contribution in [3.05, 3.63) is 54.1 Å². The van der Waals surface area contributed by atoms with Gasteiger partial charge in [0.2, 0.25) is 0 Å². The summed E-state index contributed by atoms with van der Waals surface area (Å²) >= 11 is 1.30. The van der Waals surface area contributed by atoms with Gasteiger partial charge in [-0.15, -0.1) is 0 Å². The van der Waals surface area contributed by atoms with E-state index < -0.39 is 0 Å². The second kappa shape index (κ2) is 4.51. The second-order valence-electron chi connectivity index (χ2n) is 3.46. The third kappa shape index (κ3) is 2.22. The third-order valence-electron chi connectivity index (χ3n) is 2.41. The van der Waals surface area contributed by atoms with Crippen molar-refractivity contribution in [3.63, 3.8) is 0 Å². The predicted molar refractivity (Wildman–Crippen MR) is 66.7 cm³/mol. The first-order chi connectivity index (χ1) is 7.31. The highest BCUT2D eigenvalue weighted by Gasteiger charge is 2.00. The molecule has 2 heteroatoms. The van der Waals surface area contributed by atoms with Crippen LogP contribution in [0, 0.1) is 6.92 Å². The molecule has 0 amide bonds. The topological polar surface area (TPSA) is 26.0 Å². The van der Waals surface area contributed by atoms with Gasteiger partial charge in [-0.3, -0.25) is 5.14 Å². The molecule has 0 aromatic heterocycles. The van der Waals surface area contributed by atoms with Crippen LogP contribution in [-0.2, 0) is 0 Å². The molecule has 0 fully saturated rings. The fraction of sp³-hybridized carbons (Fsp3) is 0.0769. The fourth-order valence-corrected chi connectivity index (χ4v) is 1.98. The average Bonchev–Trinajstić information content (AvgIpc) is 2.30. The molecular formula is C13H13NS. The average molecular weight is 215 g/mol. The lowest BCUT2D eigenvalue weighted by Crippen LogP contribution is -1.86. The molecule has 0 radical (unpaired) electrons. The van der Waals surface area contributed by atoms with Crippen molar-refractivity contribution in [1.29, 1.82) is 0 Å². The Bertz CT molecular complexity index is 451. The van der Waals surface area contributed by atoms with E-state index in [-0.39, 0.29) is 0 Å². The Balaban J connectivity index is 2.43. The van der Waals surface area contributed by atoms with Crippen molar-refractivity contribution >= 4 is 11.9 Å². The van der Waals surface area contributed by atoms with E-state index >= 15 is 0 Å². The van der Waals surface area contributed by atoms with Crippen LogP contribution < -0.4 is 5.14 Å². The van der Waals surface area contributed by atoms with Crippen LogP contribution in [0.3, 0.4) is 0 Å². The van der Waals surface area contributed by atoms with Crippen LogP contribution >= 0.6 is 11.9 Å². The second-order valence-corrected chi connectivity index (χ2v) is 4.14. The number of nitrogens with two attached hydrogens (primary N) is 1. The van der Waals surface area contributed by atoms with Gasteiger partial charge < -0.3 is 0 Å². The number of hydrogen-bond donors (Lipinski definition) is 1. The zero-order valence-electron chi connectivity index (χ0n) is 8.60. The van der Waals surface area contributed by atoms with Gasteiger partial charge in [0.15, 0.2) is 0 Å². The summed E-state index contributed by atoms with van der Waals surface area (Å²) in [5, 5.41) is 5.56. The molecule has 0 bridgehead atoms. The van der Waals surface area contributed by atoms with Crippen LogP contribution in [0.25, 0.3) is 11.1 Å². The Hall–Kier alpha value is -1.25. The first-order valence-electron chi connectivity index (χ1n) is 4.84. The van der Waals surface area contributed by atoms with Gasteiger partial charge in [0.25, 0.3) is 0 Å². The highest BCUT2D eigenvalue weighted by molar-refractivity contribution is 7.97. The van der Waals surface area contributed by atoms with Crippen molar-refractivity contribution < 1.29 is 0 Å². The number of rotatable bonds is 2. The summed E-state index contributed by atoms with van der Waals surface area (Å²) in [4.78, 5) is 1.13. The summed E-state index contributed by atoms with van der Waals surface area (Å²) in [6, 6.07) is 16.7. The Morgan fingerprint density at radius 1 is 0.933 bits per heavy atom. The molecule has 0 unspecified atom stereocenters. The minimum Gasteiger partial charge on any atom is -0.274 e. The maximum absolute atomic E-state index is 5.56. The van der Waals surface area contributed by atoms with Crippen LogP contribution in [0.1, 0.15) is 5.56 Å². The molecule has 15 heavy (non-hydrogen) atoms. The molecule has 2 aromatic carbocycles. The van der Waals surface area contributed by atoms with Gasteiger partial charge in [0.1, 0.15) is 0 Å². The number of hydrogen-bond acceptors (Lipinski definition) is 2. The van der Waals surface area contributed by atoms with Gasteiger partial charge >= 0.3 is 0 Å². The first-order valence-corrected chi connectivity index (χ1v) is 5.72. The van der Waals surface area contributed by atoms with E-state index in [1.165, 1.54) is 28.6 Å². The lowest BCUT2D eigenvalue weighted by Gasteiger charge is -2.06. The van der Waals surface area contributed by atoms with Crippen LogP contribution in [-0.4, -0.2) is 0 Å². The lowest BCUT2D eigenvalue weighted by molar-refractivity contribution is 1.30. The molecule has 0 aliphatic rings. The monoisotopic (exact) mass is 215 g/mol. The van der Waals surface area contributed by atoms with Gasteiger partial charge in [-0.25, -0.2) is 0 Å². The largest absolute Gasteiger partial charge is 0.274 e. The van der Waals surface area contributed by atoms with Crippen LogP contribution in [0.15, 0.2) is 53.4 Å². The molecule has 0 heterocycles. The predicted octanol–water partition coefficient (Wildman–Crippen LogP) is 3.63. The number of aryl methyl sites for hydroxylation is 1. The minimum absolute atomic E-state index is 1.13. The Morgan fingerprint density at radius 2 is 1.67 bits per heavy atom. The highest BCUT2D eigenvalue weighted by atomic mass is 32.2. The molecule has 0 saturated heterocycles. The smallest absolute Gasteiger partial charge is 0.0255 e. The summed E-state index contributed by atoms with van der Waals surface area (Å²) in [5.74, 6) is 0. The standard InChI is InChI=1S/C13H13NS/c1-10-9-12(7-8-13(10)15-14)11-5-3-2-4-6-11/h2-9H,14H2,1H3. The van der Waals surface area contributed by atoms with E-state index in [9.17, 15) is 0 Å². The summed E-state index contributed by atoms with van der Waals surface area (Å²) in [6.07, 6.45) is 0. The molecule has 0 aliphatic heterocycles. The van der Waals surface area contributed by atoms with Crippen LogP contribution in [0.4, 0.5) is 0 Å². The zero-order chi connectivity index (χ0) is 10.7. The molecule has 2 aromatic rings. The Morgan fingerprint density at radius 3 is 2.27 bits per heavy atom. The molecule has 2 rings (SSSR count). The van der Waals surface area contributed by atoms with E-state index in [0.717, 1.165) is 4.90 Å². The molecule has 0 spiro atoms. The highest BCUT2D eigenvalue weighted by Crippen LogP contribution is 2.25. The molecular weight excluding hydrogens is 202 g/mol. The van der Waals surface area contributed by atoms with Crippen LogP contribution in [0.2, 0.25) is 0 Å². The van der Waals surface area contributed by atoms with E-state index in [1.807, 2.05) is 6.07 Å². The molecule has 2 N–H and O–H groups in total. The van der Waals surface area contributed by atoms with Gasteiger partial charge in [-0.1, -0.05) is 42.5 Å². The third-order valence-corrected chi connectivity index (χ3v) is 3.12. The van der Waals surface area contributed by atoms with E-state index in [2.05, 4.69) is 49.4 Å². The van der Waals surface area contributed by atoms with Crippen molar-refractivity contribution in [2.75, 3.05) is 0 Å². The van der Waals surface area contributed by atoms with Crippen molar-refractivity contribution in [2.45, 2.75) is 11.8 Å². The van der Waals surface area contributed by atoms with Gasteiger partial charge in [-0.2, -0.15) is 0 Å². The molecule has 76 valence electrons. The molecule has 1 nitrogen and oxygen atoms in total. The van der Waals surface area contributed by atoms with E-state index in [0.29, 0.717) is 0 Å². The first kappa shape index (κ1) is 10.3. The SMILES string of the molecule is Cc1cc(-c2ccccc2)ccc1SN. The van der Waals surface area contributed by atoms with Gasteiger partial charge in [0.05, 0.1) is 0 Å². The maximum atomic E-state index is 5.56. The Kier molecular flexibility index (Phi) is 3.09. The van der Waals surface area contributed by atoms with Crippen LogP contribution in [0.5, 0.6) is 0 Å².